The van der Waals surface area contributed by atoms with Gasteiger partial charge in [0.25, 0.3) is 5.69 Å². The zero-order valence-corrected chi connectivity index (χ0v) is 11.5. The van der Waals surface area contributed by atoms with Gasteiger partial charge in [0, 0.05) is 12.1 Å². The number of halogens is 3. The number of nitro benzene ring substituents is 1. The van der Waals surface area contributed by atoms with E-state index in [2.05, 4.69) is 5.32 Å². The predicted molar refractivity (Wildman–Crippen MR) is 69.7 cm³/mol. The Labute approximate surface area is 115 Å². The van der Waals surface area contributed by atoms with Crippen molar-refractivity contribution >= 4 is 5.69 Å². The minimum absolute atomic E-state index is 0.0116. The molecule has 0 saturated carbocycles. The molecule has 112 valence electrons. The largest absolute Gasteiger partial charge is 0.423 e. The Morgan fingerprint density at radius 2 is 2.00 bits per heavy atom. The molecule has 0 saturated heterocycles. The molecule has 0 bridgehead atoms. The third kappa shape index (κ3) is 3.47. The fourth-order valence-corrected chi connectivity index (χ4v) is 2.26. The molecule has 0 fully saturated rings. The average molecular weight is 290 g/mol. The van der Waals surface area contributed by atoms with E-state index in [0.717, 1.165) is 18.6 Å². The Bertz CT molecular complexity index is 485. The molecule has 1 aromatic rings. The Balaban J connectivity index is 3.29. The molecule has 7 heteroatoms. The van der Waals surface area contributed by atoms with Crippen LogP contribution in [-0.2, 0) is 6.18 Å². The molecule has 0 radical (unpaired) electrons. The first-order valence-corrected chi connectivity index (χ1v) is 6.25. The van der Waals surface area contributed by atoms with Gasteiger partial charge in [-0.3, -0.25) is 10.1 Å². The van der Waals surface area contributed by atoms with Crippen molar-refractivity contribution in [2.24, 2.45) is 0 Å². The normalized spacial score (nSPS) is 14.9. The molecule has 0 heterocycles. The molecule has 1 rings (SSSR count). The van der Waals surface area contributed by atoms with Gasteiger partial charge in [-0.1, -0.05) is 19.9 Å². The molecule has 0 spiro atoms. The Morgan fingerprint density at radius 1 is 1.40 bits per heavy atom. The number of likely N-dealkylation sites (N-methyl/N-ethyl adjacent to an activating group) is 1. The first-order chi connectivity index (χ1) is 9.22. The van der Waals surface area contributed by atoms with Crippen molar-refractivity contribution in [2.75, 3.05) is 7.05 Å². The highest BCUT2D eigenvalue weighted by Gasteiger charge is 2.38. The van der Waals surface area contributed by atoms with Crippen molar-refractivity contribution in [1.82, 2.24) is 5.32 Å². The highest BCUT2D eigenvalue weighted by atomic mass is 19.4. The highest BCUT2D eigenvalue weighted by Crippen LogP contribution is 2.38. The lowest BCUT2D eigenvalue weighted by Gasteiger charge is -2.23. The monoisotopic (exact) mass is 290 g/mol. The summed E-state index contributed by atoms with van der Waals surface area (Å²) in [6, 6.07) is 3.20. The van der Waals surface area contributed by atoms with Crippen LogP contribution < -0.4 is 5.32 Å². The lowest BCUT2D eigenvalue weighted by molar-refractivity contribution is -0.388. The summed E-state index contributed by atoms with van der Waals surface area (Å²) in [5, 5.41) is 13.7. The molecule has 2 unspecified atom stereocenters. The van der Waals surface area contributed by atoms with E-state index in [4.69, 9.17) is 0 Å². The van der Waals surface area contributed by atoms with Crippen LogP contribution >= 0.6 is 0 Å². The minimum Gasteiger partial charge on any atom is -0.316 e. The van der Waals surface area contributed by atoms with E-state index in [1.54, 1.807) is 14.0 Å². The van der Waals surface area contributed by atoms with Crippen molar-refractivity contribution < 1.29 is 18.1 Å². The van der Waals surface area contributed by atoms with Crippen LogP contribution in [0, 0.1) is 10.1 Å². The van der Waals surface area contributed by atoms with E-state index in [0.29, 0.717) is 5.56 Å². The zero-order valence-electron chi connectivity index (χ0n) is 11.5. The van der Waals surface area contributed by atoms with Gasteiger partial charge in [-0.25, -0.2) is 0 Å². The molecule has 0 aromatic heterocycles. The van der Waals surface area contributed by atoms with Crippen molar-refractivity contribution in [3.8, 4) is 0 Å². The van der Waals surface area contributed by atoms with Crippen LogP contribution in [0.1, 0.15) is 37.3 Å². The standard InChI is InChI=1S/C13H17F3N2O2/c1-4-11(17-3)8(2)9-5-6-12(18(19)20)10(7-9)13(14,15)16/h5-8,11,17H,4H2,1-3H3. The van der Waals surface area contributed by atoms with Crippen molar-refractivity contribution in [1.29, 1.82) is 0 Å². The molecule has 1 aromatic carbocycles. The number of nitrogens with zero attached hydrogens (tertiary/aromatic N) is 1. The number of alkyl halides is 3. The van der Waals surface area contributed by atoms with E-state index in [1.807, 2.05) is 6.92 Å². The molecular weight excluding hydrogens is 273 g/mol. The van der Waals surface area contributed by atoms with Gasteiger partial charge in [0.05, 0.1) is 4.92 Å². The number of rotatable bonds is 5. The number of hydrogen-bond donors (Lipinski definition) is 1. The SMILES string of the molecule is CCC(NC)C(C)c1ccc([N+](=O)[O-])c(C(F)(F)F)c1. The first kappa shape index (κ1) is 16.4. The van der Waals surface area contributed by atoms with Gasteiger partial charge in [0.1, 0.15) is 5.56 Å². The van der Waals surface area contributed by atoms with Gasteiger partial charge in [-0.15, -0.1) is 0 Å². The topological polar surface area (TPSA) is 55.2 Å². The van der Waals surface area contributed by atoms with Gasteiger partial charge >= 0.3 is 6.18 Å². The molecule has 2 atom stereocenters. The van der Waals surface area contributed by atoms with Gasteiger partial charge < -0.3 is 5.32 Å². The number of nitro groups is 1. The van der Waals surface area contributed by atoms with E-state index in [1.165, 1.54) is 6.07 Å². The Kier molecular flexibility index (Phi) is 5.10. The Hall–Kier alpha value is -1.63. The summed E-state index contributed by atoms with van der Waals surface area (Å²) in [6.07, 6.45) is -3.99. The van der Waals surface area contributed by atoms with Crippen LogP contribution in [0.3, 0.4) is 0 Å². The summed E-state index contributed by atoms with van der Waals surface area (Å²) in [5.74, 6) is -0.174. The van der Waals surface area contributed by atoms with Crippen LogP contribution in [0.4, 0.5) is 18.9 Å². The van der Waals surface area contributed by atoms with Gasteiger partial charge in [-0.05, 0) is 31.0 Å². The first-order valence-electron chi connectivity index (χ1n) is 6.25. The summed E-state index contributed by atoms with van der Waals surface area (Å²) < 4.78 is 38.7. The summed E-state index contributed by atoms with van der Waals surface area (Å²) in [6.45, 7) is 3.72. The van der Waals surface area contributed by atoms with Crippen LogP contribution in [0.5, 0.6) is 0 Å². The van der Waals surface area contributed by atoms with E-state index in [-0.39, 0.29) is 12.0 Å². The molecule has 4 nitrogen and oxygen atoms in total. The van der Waals surface area contributed by atoms with E-state index in [9.17, 15) is 23.3 Å². The van der Waals surface area contributed by atoms with Crippen molar-refractivity contribution in [3.05, 3.63) is 39.4 Å². The van der Waals surface area contributed by atoms with Crippen LogP contribution in [0.25, 0.3) is 0 Å². The fraction of sp³-hybridized carbons (Fsp3) is 0.538. The van der Waals surface area contributed by atoms with Gasteiger partial charge in [-0.2, -0.15) is 13.2 Å². The second kappa shape index (κ2) is 6.21. The molecule has 1 N–H and O–H groups in total. The third-order valence-electron chi connectivity index (χ3n) is 3.46. The predicted octanol–water partition coefficient (Wildman–Crippen LogP) is 3.72. The van der Waals surface area contributed by atoms with E-state index < -0.39 is 22.4 Å². The second-order valence-electron chi connectivity index (χ2n) is 4.62. The Morgan fingerprint density at radius 3 is 2.40 bits per heavy atom. The summed E-state index contributed by atoms with van der Waals surface area (Å²) in [5.41, 5.74) is -1.67. The van der Waals surface area contributed by atoms with Crippen molar-refractivity contribution in [3.63, 3.8) is 0 Å². The lowest BCUT2D eigenvalue weighted by atomic mass is 9.90. The molecule has 0 aliphatic carbocycles. The fourth-order valence-electron chi connectivity index (χ4n) is 2.26. The number of benzene rings is 1. The van der Waals surface area contributed by atoms with Gasteiger partial charge in [0.15, 0.2) is 0 Å². The van der Waals surface area contributed by atoms with Crippen LogP contribution in [0.2, 0.25) is 0 Å². The second-order valence-corrected chi connectivity index (χ2v) is 4.62. The summed E-state index contributed by atoms with van der Waals surface area (Å²) >= 11 is 0. The maximum Gasteiger partial charge on any atom is 0.423 e. The molecular formula is C13H17F3N2O2. The van der Waals surface area contributed by atoms with Gasteiger partial charge in [0.2, 0.25) is 0 Å². The number of nitrogens with one attached hydrogen (secondary N) is 1. The average Bonchev–Trinajstić information content (AvgIpc) is 2.38. The zero-order chi connectivity index (χ0) is 15.5. The molecule has 0 aliphatic rings. The third-order valence-corrected chi connectivity index (χ3v) is 3.46. The quantitative estimate of drug-likeness (QED) is 0.664. The van der Waals surface area contributed by atoms with Crippen LogP contribution in [-0.4, -0.2) is 18.0 Å². The maximum absolute atomic E-state index is 12.9. The maximum atomic E-state index is 12.9. The highest BCUT2D eigenvalue weighted by molar-refractivity contribution is 5.45. The molecule has 20 heavy (non-hydrogen) atoms. The summed E-state index contributed by atoms with van der Waals surface area (Å²) in [7, 11) is 1.74. The number of hydrogen-bond acceptors (Lipinski definition) is 3. The molecule has 0 amide bonds. The molecule has 0 aliphatic heterocycles. The van der Waals surface area contributed by atoms with E-state index >= 15 is 0 Å². The summed E-state index contributed by atoms with van der Waals surface area (Å²) in [4.78, 5) is 9.68. The minimum atomic E-state index is -4.74. The van der Waals surface area contributed by atoms with Crippen LogP contribution in [0.15, 0.2) is 18.2 Å². The van der Waals surface area contributed by atoms with Crippen molar-refractivity contribution in [2.45, 2.75) is 38.4 Å². The lowest BCUT2D eigenvalue weighted by Crippen LogP contribution is -2.30. The smallest absolute Gasteiger partial charge is 0.316 e.